The number of carbonyl (C=O) groups is 1. The molecule has 0 radical (unpaired) electrons. The Balaban J connectivity index is 1.64. The lowest BCUT2D eigenvalue weighted by Crippen LogP contribution is -2.44. The van der Waals surface area contributed by atoms with Crippen LogP contribution in [-0.4, -0.2) is 12.1 Å². The summed E-state index contributed by atoms with van der Waals surface area (Å²) in [5.41, 5.74) is 9.14. The smallest absolute Gasteiger partial charge is 0.254 e. The van der Waals surface area contributed by atoms with Crippen LogP contribution in [0.5, 0.6) is 0 Å². The maximum Gasteiger partial charge on any atom is 0.254 e. The molecule has 1 aliphatic rings. The van der Waals surface area contributed by atoms with Crippen molar-refractivity contribution in [3.63, 3.8) is 0 Å². The third kappa shape index (κ3) is 3.85. The molecule has 0 saturated carbocycles. The van der Waals surface area contributed by atoms with Crippen molar-refractivity contribution in [3.8, 4) is 0 Å². The molecule has 4 nitrogen and oxygen atoms in total. The Bertz CT molecular complexity index is 736. The summed E-state index contributed by atoms with van der Waals surface area (Å²) < 4.78 is 0. The molecule has 2 aromatic carbocycles. The van der Waals surface area contributed by atoms with Crippen LogP contribution in [0.2, 0.25) is 10.0 Å². The first-order valence-corrected chi connectivity index (χ1v) is 8.12. The Labute approximate surface area is 145 Å². The summed E-state index contributed by atoms with van der Waals surface area (Å²) in [5, 5.41) is 3.78. The number of carbonyl (C=O) groups excluding carboxylic acids is 1. The quantitative estimate of drug-likeness (QED) is 0.793. The summed E-state index contributed by atoms with van der Waals surface area (Å²) in [6, 6.07) is 13.3. The van der Waals surface area contributed by atoms with Gasteiger partial charge in [0, 0.05) is 17.5 Å². The minimum atomic E-state index is -0.226. The van der Waals surface area contributed by atoms with Gasteiger partial charge in [-0.1, -0.05) is 53.0 Å². The number of hydrazine groups is 1. The Hall–Kier alpha value is -1.59. The van der Waals surface area contributed by atoms with Crippen molar-refractivity contribution < 1.29 is 4.79 Å². The van der Waals surface area contributed by atoms with Crippen molar-refractivity contribution >= 4 is 29.1 Å². The molecule has 0 aliphatic carbocycles. The molecular formula is C17H17Cl2N3O. The Morgan fingerprint density at radius 3 is 2.74 bits per heavy atom. The zero-order valence-corrected chi connectivity index (χ0v) is 14.1. The van der Waals surface area contributed by atoms with Crippen LogP contribution in [0.3, 0.4) is 0 Å². The number of amides is 1. The summed E-state index contributed by atoms with van der Waals surface area (Å²) >= 11 is 11.9. The van der Waals surface area contributed by atoms with Gasteiger partial charge in [0.25, 0.3) is 5.91 Å². The third-order valence-corrected chi connectivity index (χ3v) is 4.38. The lowest BCUT2D eigenvalue weighted by molar-refractivity contribution is 0.0932. The van der Waals surface area contributed by atoms with Gasteiger partial charge < -0.3 is 5.32 Å². The fourth-order valence-electron chi connectivity index (χ4n) is 2.67. The topological polar surface area (TPSA) is 53.2 Å². The monoisotopic (exact) mass is 349 g/mol. The van der Waals surface area contributed by atoms with Crippen molar-refractivity contribution in [3.05, 3.63) is 69.2 Å². The van der Waals surface area contributed by atoms with Gasteiger partial charge in [0.15, 0.2) is 0 Å². The van der Waals surface area contributed by atoms with Gasteiger partial charge >= 0.3 is 0 Å². The molecule has 120 valence electrons. The number of hydrogen-bond donors (Lipinski definition) is 3. The Morgan fingerprint density at radius 2 is 2.00 bits per heavy atom. The standard InChI is InChI=1S/C17H17Cl2N3O/c1-10-3-2-4-11(7-10)15-9-16(22-21-15)20-17(23)13-6-5-12(18)8-14(13)19/h2-8,15-16,21-22H,9H2,1H3,(H,20,23). The van der Waals surface area contributed by atoms with E-state index in [4.69, 9.17) is 23.2 Å². The number of aryl methyl sites for hydroxylation is 1. The van der Waals surface area contributed by atoms with Gasteiger partial charge in [-0.15, -0.1) is 0 Å². The summed E-state index contributed by atoms with van der Waals surface area (Å²) in [5.74, 6) is -0.226. The first-order chi connectivity index (χ1) is 11.0. The van der Waals surface area contributed by atoms with Gasteiger partial charge in [-0.2, -0.15) is 0 Å². The normalized spacial score (nSPS) is 20.5. The molecule has 6 heteroatoms. The molecule has 2 aromatic rings. The maximum atomic E-state index is 12.3. The van der Waals surface area contributed by atoms with Crippen molar-refractivity contribution in [1.29, 1.82) is 0 Å². The third-order valence-electron chi connectivity index (χ3n) is 3.83. The lowest BCUT2D eigenvalue weighted by atomic mass is 10.0. The van der Waals surface area contributed by atoms with Gasteiger partial charge in [-0.3, -0.25) is 4.79 Å². The Kier molecular flexibility index (Phi) is 4.87. The van der Waals surface area contributed by atoms with Crippen LogP contribution in [0.15, 0.2) is 42.5 Å². The second kappa shape index (κ2) is 6.89. The van der Waals surface area contributed by atoms with E-state index in [-0.39, 0.29) is 18.1 Å². The number of rotatable bonds is 3. The average Bonchev–Trinajstić information content (AvgIpc) is 2.95. The molecule has 1 fully saturated rings. The second-order valence-corrected chi connectivity index (χ2v) is 6.48. The fraction of sp³-hybridized carbons (Fsp3) is 0.235. The largest absolute Gasteiger partial charge is 0.335 e. The molecule has 2 unspecified atom stereocenters. The summed E-state index contributed by atoms with van der Waals surface area (Å²) in [4.78, 5) is 12.3. The number of nitrogens with one attached hydrogen (secondary N) is 3. The van der Waals surface area contributed by atoms with Crippen LogP contribution < -0.4 is 16.2 Å². The van der Waals surface area contributed by atoms with Crippen LogP contribution in [0.4, 0.5) is 0 Å². The molecule has 1 aliphatic heterocycles. The molecule has 0 aromatic heterocycles. The molecule has 1 amide bonds. The molecule has 3 N–H and O–H groups in total. The van der Waals surface area contributed by atoms with Crippen LogP contribution in [0, 0.1) is 6.92 Å². The van der Waals surface area contributed by atoms with Crippen molar-refractivity contribution in [2.75, 3.05) is 0 Å². The maximum absolute atomic E-state index is 12.3. The highest BCUT2D eigenvalue weighted by molar-refractivity contribution is 6.36. The highest BCUT2D eigenvalue weighted by Gasteiger charge is 2.26. The molecule has 0 spiro atoms. The minimum absolute atomic E-state index is 0.154. The average molecular weight is 350 g/mol. The lowest BCUT2D eigenvalue weighted by Gasteiger charge is -2.13. The molecule has 2 atom stereocenters. The van der Waals surface area contributed by atoms with E-state index in [9.17, 15) is 4.79 Å². The SMILES string of the molecule is Cc1cccc(C2CC(NC(=O)c3ccc(Cl)cc3Cl)NN2)c1. The second-order valence-electron chi connectivity index (χ2n) is 5.64. The van der Waals surface area contributed by atoms with E-state index in [1.54, 1.807) is 18.2 Å². The first kappa shape index (κ1) is 16.3. The molecule has 23 heavy (non-hydrogen) atoms. The molecule has 3 rings (SSSR count). The van der Waals surface area contributed by atoms with Crippen molar-refractivity contribution in [2.24, 2.45) is 0 Å². The van der Waals surface area contributed by atoms with Gasteiger partial charge in [-0.05, 0) is 30.7 Å². The zero-order chi connectivity index (χ0) is 16.4. The van der Waals surface area contributed by atoms with E-state index < -0.39 is 0 Å². The van der Waals surface area contributed by atoms with E-state index in [0.29, 0.717) is 15.6 Å². The highest BCUT2D eigenvalue weighted by Crippen LogP contribution is 2.24. The van der Waals surface area contributed by atoms with Crippen LogP contribution in [-0.2, 0) is 0 Å². The van der Waals surface area contributed by atoms with E-state index in [1.165, 1.54) is 11.1 Å². The van der Waals surface area contributed by atoms with Crippen LogP contribution in [0.1, 0.15) is 33.9 Å². The van der Waals surface area contributed by atoms with E-state index in [0.717, 1.165) is 6.42 Å². The molecule has 0 bridgehead atoms. The van der Waals surface area contributed by atoms with Crippen molar-refractivity contribution in [1.82, 2.24) is 16.2 Å². The van der Waals surface area contributed by atoms with Gasteiger partial charge in [0.05, 0.1) is 16.8 Å². The van der Waals surface area contributed by atoms with Gasteiger partial charge in [0.1, 0.15) is 0 Å². The van der Waals surface area contributed by atoms with Crippen molar-refractivity contribution in [2.45, 2.75) is 25.6 Å². The first-order valence-electron chi connectivity index (χ1n) is 7.36. The van der Waals surface area contributed by atoms with Crippen LogP contribution >= 0.6 is 23.2 Å². The summed E-state index contributed by atoms with van der Waals surface area (Å²) in [6.07, 6.45) is 0.584. The fourth-order valence-corrected chi connectivity index (χ4v) is 3.16. The predicted octanol–water partition coefficient (Wildman–Crippen LogP) is 3.60. The van der Waals surface area contributed by atoms with E-state index in [1.807, 2.05) is 6.07 Å². The number of halogens is 2. The molecule has 1 heterocycles. The van der Waals surface area contributed by atoms with E-state index >= 15 is 0 Å². The van der Waals surface area contributed by atoms with Crippen LogP contribution in [0.25, 0.3) is 0 Å². The molecule has 1 saturated heterocycles. The van der Waals surface area contributed by atoms with Gasteiger partial charge in [0.2, 0.25) is 0 Å². The molecular weight excluding hydrogens is 333 g/mol. The van der Waals surface area contributed by atoms with Gasteiger partial charge in [-0.25, -0.2) is 10.9 Å². The minimum Gasteiger partial charge on any atom is -0.335 e. The summed E-state index contributed by atoms with van der Waals surface area (Å²) in [7, 11) is 0. The van der Waals surface area contributed by atoms with E-state index in [2.05, 4.69) is 41.3 Å². The number of benzene rings is 2. The zero-order valence-electron chi connectivity index (χ0n) is 12.6. The Morgan fingerprint density at radius 1 is 1.17 bits per heavy atom. The predicted molar refractivity (Wildman–Crippen MR) is 92.5 cm³/mol. The highest BCUT2D eigenvalue weighted by atomic mass is 35.5. The number of hydrogen-bond acceptors (Lipinski definition) is 3. The summed E-state index contributed by atoms with van der Waals surface area (Å²) in [6.45, 7) is 2.06.